The van der Waals surface area contributed by atoms with E-state index >= 15 is 0 Å². The lowest BCUT2D eigenvalue weighted by Gasteiger charge is -2.09. The SMILES string of the molecule is COc1ccc(CNC(=O)c2cncc(Nc3ccccc3F)c2)cc1. The van der Waals surface area contributed by atoms with Crippen molar-refractivity contribution < 1.29 is 13.9 Å². The molecule has 0 saturated carbocycles. The molecule has 0 saturated heterocycles. The van der Waals surface area contributed by atoms with Crippen LogP contribution in [0.1, 0.15) is 15.9 Å². The molecule has 3 aromatic rings. The van der Waals surface area contributed by atoms with Crippen molar-refractivity contribution in [3.05, 3.63) is 83.9 Å². The van der Waals surface area contributed by atoms with Crippen molar-refractivity contribution in [1.82, 2.24) is 10.3 Å². The number of nitrogens with zero attached hydrogens (tertiary/aromatic N) is 1. The lowest BCUT2D eigenvalue weighted by atomic mass is 10.2. The highest BCUT2D eigenvalue weighted by Crippen LogP contribution is 2.19. The van der Waals surface area contributed by atoms with Gasteiger partial charge in [0.2, 0.25) is 0 Å². The monoisotopic (exact) mass is 351 g/mol. The number of halogens is 1. The maximum Gasteiger partial charge on any atom is 0.253 e. The molecule has 26 heavy (non-hydrogen) atoms. The van der Waals surface area contributed by atoms with Crippen molar-refractivity contribution in [3.8, 4) is 5.75 Å². The first-order chi connectivity index (χ1) is 12.7. The third-order valence-electron chi connectivity index (χ3n) is 3.77. The number of pyridine rings is 1. The average Bonchev–Trinajstić information content (AvgIpc) is 2.68. The number of ether oxygens (including phenoxy) is 1. The van der Waals surface area contributed by atoms with E-state index in [1.165, 1.54) is 18.5 Å². The number of hydrogen-bond donors (Lipinski definition) is 2. The van der Waals surface area contributed by atoms with Gasteiger partial charge in [0, 0.05) is 12.7 Å². The van der Waals surface area contributed by atoms with Gasteiger partial charge in [0.05, 0.1) is 30.2 Å². The van der Waals surface area contributed by atoms with Crippen LogP contribution < -0.4 is 15.4 Å². The molecule has 0 fully saturated rings. The Morgan fingerprint density at radius 1 is 1.12 bits per heavy atom. The highest BCUT2D eigenvalue weighted by molar-refractivity contribution is 5.94. The largest absolute Gasteiger partial charge is 0.497 e. The molecular formula is C20H18FN3O2. The number of para-hydroxylation sites is 1. The van der Waals surface area contributed by atoms with Gasteiger partial charge < -0.3 is 15.4 Å². The summed E-state index contributed by atoms with van der Waals surface area (Å²) < 4.78 is 18.8. The molecule has 6 heteroatoms. The zero-order valence-electron chi connectivity index (χ0n) is 14.2. The fraction of sp³-hybridized carbons (Fsp3) is 0.100. The number of carbonyl (C=O) groups is 1. The lowest BCUT2D eigenvalue weighted by Crippen LogP contribution is -2.23. The zero-order chi connectivity index (χ0) is 18.4. The Kier molecular flexibility index (Phi) is 5.43. The Bertz CT molecular complexity index is 898. The van der Waals surface area contributed by atoms with E-state index in [2.05, 4.69) is 15.6 Å². The minimum atomic E-state index is -0.373. The van der Waals surface area contributed by atoms with Crippen LogP contribution >= 0.6 is 0 Å². The minimum Gasteiger partial charge on any atom is -0.497 e. The standard InChI is InChI=1S/C20H18FN3O2/c1-26-17-8-6-14(7-9-17)11-23-20(25)15-10-16(13-22-12-15)24-19-5-3-2-4-18(19)21/h2-10,12-13,24H,11H2,1H3,(H,23,25). The predicted octanol–water partition coefficient (Wildman–Crippen LogP) is 3.90. The van der Waals surface area contributed by atoms with Crippen molar-refractivity contribution in [2.45, 2.75) is 6.54 Å². The van der Waals surface area contributed by atoms with Crippen molar-refractivity contribution in [2.75, 3.05) is 12.4 Å². The van der Waals surface area contributed by atoms with Gasteiger partial charge in [0.1, 0.15) is 11.6 Å². The Hall–Kier alpha value is -3.41. The van der Waals surface area contributed by atoms with Gasteiger partial charge in [-0.2, -0.15) is 0 Å². The first-order valence-electron chi connectivity index (χ1n) is 8.03. The molecule has 0 unspecified atom stereocenters. The summed E-state index contributed by atoms with van der Waals surface area (Å²) in [6, 6.07) is 15.4. The molecule has 0 spiro atoms. The molecule has 5 nitrogen and oxygen atoms in total. The van der Waals surface area contributed by atoms with Crippen LogP contribution in [-0.4, -0.2) is 18.0 Å². The first-order valence-corrected chi connectivity index (χ1v) is 8.03. The number of rotatable bonds is 6. The van der Waals surface area contributed by atoms with Gasteiger partial charge in [-0.3, -0.25) is 9.78 Å². The highest BCUT2D eigenvalue weighted by atomic mass is 19.1. The second kappa shape index (κ2) is 8.11. The summed E-state index contributed by atoms with van der Waals surface area (Å²) in [6.07, 6.45) is 3.00. The van der Waals surface area contributed by atoms with Crippen molar-refractivity contribution in [1.29, 1.82) is 0 Å². The van der Waals surface area contributed by atoms with E-state index in [9.17, 15) is 9.18 Å². The summed E-state index contributed by atoms with van der Waals surface area (Å²) in [6.45, 7) is 0.383. The van der Waals surface area contributed by atoms with E-state index in [0.29, 0.717) is 23.5 Å². The van der Waals surface area contributed by atoms with E-state index in [0.717, 1.165) is 11.3 Å². The molecule has 0 radical (unpaired) electrons. The quantitative estimate of drug-likeness (QED) is 0.707. The van der Waals surface area contributed by atoms with Crippen LogP contribution in [0.5, 0.6) is 5.75 Å². The summed E-state index contributed by atoms with van der Waals surface area (Å²) >= 11 is 0. The Morgan fingerprint density at radius 3 is 2.62 bits per heavy atom. The summed E-state index contributed by atoms with van der Waals surface area (Å²) in [4.78, 5) is 16.4. The summed E-state index contributed by atoms with van der Waals surface area (Å²) in [7, 11) is 1.60. The number of amides is 1. The average molecular weight is 351 g/mol. The highest BCUT2D eigenvalue weighted by Gasteiger charge is 2.08. The van der Waals surface area contributed by atoms with E-state index < -0.39 is 0 Å². The van der Waals surface area contributed by atoms with Crippen LogP contribution in [0.3, 0.4) is 0 Å². The van der Waals surface area contributed by atoms with Gasteiger partial charge in [0.25, 0.3) is 5.91 Å². The second-order valence-electron chi connectivity index (χ2n) is 5.60. The molecule has 2 N–H and O–H groups in total. The van der Waals surface area contributed by atoms with E-state index in [1.807, 2.05) is 24.3 Å². The van der Waals surface area contributed by atoms with Crippen LogP contribution in [0, 0.1) is 5.82 Å². The molecule has 132 valence electrons. The molecule has 0 bridgehead atoms. The van der Waals surface area contributed by atoms with Crippen molar-refractivity contribution >= 4 is 17.3 Å². The van der Waals surface area contributed by atoms with E-state index in [4.69, 9.17) is 4.74 Å². The Morgan fingerprint density at radius 2 is 1.88 bits per heavy atom. The maximum absolute atomic E-state index is 13.7. The van der Waals surface area contributed by atoms with Gasteiger partial charge in [-0.15, -0.1) is 0 Å². The van der Waals surface area contributed by atoms with Gasteiger partial charge >= 0.3 is 0 Å². The third kappa shape index (κ3) is 4.36. The number of carbonyl (C=O) groups excluding carboxylic acids is 1. The summed E-state index contributed by atoms with van der Waals surface area (Å²) in [5.74, 6) is 0.128. The minimum absolute atomic E-state index is 0.259. The first kappa shape index (κ1) is 17.4. The van der Waals surface area contributed by atoms with Crippen molar-refractivity contribution in [3.63, 3.8) is 0 Å². The smallest absolute Gasteiger partial charge is 0.253 e. The molecule has 3 rings (SSSR count). The summed E-state index contributed by atoms with van der Waals surface area (Å²) in [5.41, 5.74) is 2.20. The molecule has 1 aromatic heterocycles. The maximum atomic E-state index is 13.7. The molecule has 1 amide bonds. The van der Waals surface area contributed by atoms with Crippen LogP contribution in [0.2, 0.25) is 0 Å². The zero-order valence-corrected chi connectivity index (χ0v) is 14.2. The molecule has 0 aliphatic heterocycles. The van der Waals surface area contributed by atoms with Gasteiger partial charge in [0.15, 0.2) is 0 Å². The summed E-state index contributed by atoms with van der Waals surface area (Å²) in [5, 5.41) is 5.76. The lowest BCUT2D eigenvalue weighted by molar-refractivity contribution is 0.0950. The van der Waals surface area contributed by atoms with Gasteiger partial charge in [-0.05, 0) is 35.9 Å². The second-order valence-corrected chi connectivity index (χ2v) is 5.60. The van der Waals surface area contributed by atoms with Crippen molar-refractivity contribution in [2.24, 2.45) is 0 Å². The predicted molar refractivity (Wildman–Crippen MR) is 98.1 cm³/mol. The number of nitrogens with one attached hydrogen (secondary N) is 2. The molecular weight excluding hydrogens is 333 g/mol. The Balaban J connectivity index is 1.65. The van der Waals surface area contributed by atoms with Crippen LogP contribution in [0.15, 0.2) is 67.0 Å². The Labute approximate surface area is 150 Å². The fourth-order valence-electron chi connectivity index (χ4n) is 2.38. The fourth-order valence-corrected chi connectivity index (χ4v) is 2.38. The molecule has 2 aromatic carbocycles. The third-order valence-corrected chi connectivity index (χ3v) is 3.77. The molecule has 1 heterocycles. The number of benzene rings is 2. The van der Waals surface area contributed by atoms with Gasteiger partial charge in [-0.1, -0.05) is 24.3 Å². The van der Waals surface area contributed by atoms with E-state index in [1.54, 1.807) is 31.4 Å². The number of anilines is 2. The molecule has 0 aliphatic carbocycles. The van der Waals surface area contributed by atoms with Crippen LogP contribution in [0.25, 0.3) is 0 Å². The number of methoxy groups -OCH3 is 1. The number of hydrogen-bond acceptors (Lipinski definition) is 4. The normalized spacial score (nSPS) is 10.2. The molecule has 0 aliphatic rings. The number of aromatic nitrogens is 1. The van der Waals surface area contributed by atoms with Crippen LogP contribution in [0.4, 0.5) is 15.8 Å². The van der Waals surface area contributed by atoms with Gasteiger partial charge in [-0.25, -0.2) is 4.39 Å². The van der Waals surface area contributed by atoms with Crippen LogP contribution in [-0.2, 0) is 6.54 Å². The topological polar surface area (TPSA) is 63.2 Å². The molecule has 0 atom stereocenters. The van der Waals surface area contributed by atoms with E-state index in [-0.39, 0.29) is 11.7 Å².